The molecule has 1 aromatic carbocycles. The highest BCUT2D eigenvalue weighted by Gasteiger charge is 2.13. The van der Waals surface area contributed by atoms with E-state index < -0.39 is 10.0 Å². The maximum Gasteiger partial charge on any atom is 0.222 e. The Morgan fingerprint density at radius 3 is 2.77 bits per heavy atom. The fourth-order valence-electron chi connectivity index (χ4n) is 2.17. The molecular formula is C13H16BrN3O4S. The van der Waals surface area contributed by atoms with E-state index in [1.807, 2.05) is 6.07 Å². The van der Waals surface area contributed by atoms with Gasteiger partial charge >= 0.3 is 0 Å². The van der Waals surface area contributed by atoms with E-state index >= 15 is 0 Å². The first-order valence-corrected chi connectivity index (χ1v) is 9.20. The molecule has 120 valence electrons. The predicted octanol–water partition coefficient (Wildman–Crippen LogP) is 1.18. The highest BCUT2D eigenvalue weighted by atomic mass is 79.9. The summed E-state index contributed by atoms with van der Waals surface area (Å²) >= 11 is 3.12. The number of rotatable bonds is 6. The Morgan fingerprint density at radius 1 is 1.41 bits per heavy atom. The van der Waals surface area contributed by atoms with Crippen molar-refractivity contribution in [2.24, 2.45) is 0 Å². The average Bonchev–Trinajstić information content (AvgIpc) is 2.46. The molecule has 0 atom stereocenters. The first-order chi connectivity index (χ1) is 10.3. The largest absolute Gasteiger partial charge is 0.494 e. The normalized spacial score (nSPS) is 11.8. The highest BCUT2D eigenvalue weighted by Crippen LogP contribution is 2.25. The predicted molar refractivity (Wildman–Crippen MR) is 87.8 cm³/mol. The van der Waals surface area contributed by atoms with Crippen molar-refractivity contribution in [3.63, 3.8) is 0 Å². The van der Waals surface area contributed by atoms with Gasteiger partial charge in [-0.1, -0.05) is 6.07 Å². The van der Waals surface area contributed by atoms with Crippen molar-refractivity contribution in [2.45, 2.75) is 12.8 Å². The summed E-state index contributed by atoms with van der Waals surface area (Å²) in [5.74, 6) is 0.533. The van der Waals surface area contributed by atoms with Crippen LogP contribution in [0.4, 0.5) is 0 Å². The smallest absolute Gasteiger partial charge is 0.222 e. The number of benzene rings is 1. The number of fused-ring (bicyclic) bond motifs is 1. The van der Waals surface area contributed by atoms with Gasteiger partial charge in [0.2, 0.25) is 15.5 Å². The summed E-state index contributed by atoms with van der Waals surface area (Å²) in [5, 5.41) is 7.19. The number of aromatic amines is 1. The molecule has 1 heterocycles. The van der Waals surface area contributed by atoms with Gasteiger partial charge < -0.3 is 4.74 Å². The van der Waals surface area contributed by atoms with Gasteiger partial charge in [0.15, 0.2) is 4.60 Å². The molecule has 0 fully saturated rings. The minimum Gasteiger partial charge on any atom is -0.494 e. The molecule has 22 heavy (non-hydrogen) atoms. The first-order valence-electron chi connectivity index (χ1n) is 6.52. The van der Waals surface area contributed by atoms with Gasteiger partial charge in [0.1, 0.15) is 11.3 Å². The Bertz CT molecular complexity index is 848. The number of hydrogen-bond acceptors (Lipinski definition) is 5. The van der Waals surface area contributed by atoms with Crippen molar-refractivity contribution in [1.82, 2.24) is 14.9 Å². The SMILES string of the molecule is COc1ccc(CCCNS(C)(=O)=O)c2c(=O)c(Br)n[nH]c12. The van der Waals surface area contributed by atoms with Gasteiger partial charge in [0, 0.05) is 6.54 Å². The first kappa shape index (κ1) is 16.9. The molecule has 9 heteroatoms. The molecular weight excluding hydrogens is 374 g/mol. The molecule has 1 aromatic heterocycles. The third-order valence-corrected chi connectivity index (χ3v) is 4.41. The lowest BCUT2D eigenvalue weighted by Crippen LogP contribution is -2.23. The van der Waals surface area contributed by atoms with Gasteiger partial charge in [0.25, 0.3) is 0 Å². The van der Waals surface area contributed by atoms with Crippen molar-refractivity contribution < 1.29 is 13.2 Å². The summed E-state index contributed by atoms with van der Waals surface area (Å²) in [6.45, 7) is 0.316. The Hall–Kier alpha value is -1.45. The van der Waals surface area contributed by atoms with Crippen molar-refractivity contribution in [1.29, 1.82) is 0 Å². The fraction of sp³-hybridized carbons (Fsp3) is 0.385. The average molecular weight is 390 g/mol. The molecule has 2 aromatic rings. The summed E-state index contributed by atoms with van der Waals surface area (Å²) in [6.07, 6.45) is 2.25. The topological polar surface area (TPSA) is 101 Å². The van der Waals surface area contributed by atoms with E-state index in [0.717, 1.165) is 11.8 Å². The van der Waals surface area contributed by atoms with E-state index in [1.165, 1.54) is 7.11 Å². The van der Waals surface area contributed by atoms with Crippen LogP contribution in [-0.4, -0.2) is 38.5 Å². The van der Waals surface area contributed by atoms with Gasteiger partial charge in [-0.25, -0.2) is 13.1 Å². The molecule has 0 spiro atoms. The third-order valence-electron chi connectivity index (χ3n) is 3.14. The van der Waals surface area contributed by atoms with Crippen LogP contribution in [0.25, 0.3) is 10.9 Å². The van der Waals surface area contributed by atoms with E-state index in [1.54, 1.807) is 6.07 Å². The van der Waals surface area contributed by atoms with Crippen LogP contribution in [-0.2, 0) is 16.4 Å². The second-order valence-electron chi connectivity index (χ2n) is 4.79. The van der Waals surface area contributed by atoms with Gasteiger partial charge in [-0.2, -0.15) is 5.10 Å². The standard InChI is InChI=1S/C13H16BrN3O4S/c1-21-9-6-5-8(4-3-7-15-22(2,19)20)10-11(9)16-17-13(14)12(10)18/h5-6,15H,3-4,7H2,1-2H3,(H,16,18). The van der Waals surface area contributed by atoms with Crippen molar-refractivity contribution in [3.8, 4) is 5.75 Å². The molecule has 0 bridgehead atoms. The Kier molecular flexibility index (Phi) is 5.20. The van der Waals surface area contributed by atoms with E-state index in [9.17, 15) is 13.2 Å². The van der Waals surface area contributed by atoms with Gasteiger partial charge in [0.05, 0.1) is 18.8 Å². The van der Waals surface area contributed by atoms with Crippen LogP contribution in [0.3, 0.4) is 0 Å². The minimum absolute atomic E-state index is 0.198. The lowest BCUT2D eigenvalue weighted by atomic mass is 10.0. The Labute approximate surface area is 136 Å². The Balaban J connectivity index is 2.34. The lowest BCUT2D eigenvalue weighted by Gasteiger charge is -2.10. The summed E-state index contributed by atoms with van der Waals surface area (Å²) < 4.78 is 29.9. The quantitative estimate of drug-likeness (QED) is 0.722. The van der Waals surface area contributed by atoms with Gasteiger partial charge in [-0.05, 0) is 40.4 Å². The highest BCUT2D eigenvalue weighted by molar-refractivity contribution is 9.10. The van der Waals surface area contributed by atoms with Gasteiger partial charge in [-0.3, -0.25) is 9.89 Å². The number of nitrogens with zero attached hydrogens (tertiary/aromatic N) is 1. The van der Waals surface area contributed by atoms with E-state index in [0.29, 0.717) is 36.0 Å². The van der Waals surface area contributed by atoms with Gasteiger partial charge in [-0.15, -0.1) is 0 Å². The van der Waals surface area contributed by atoms with E-state index in [-0.39, 0.29) is 10.0 Å². The van der Waals surface area contributed by atoms with Crippen LogP contribution in [0.15, 0.2) is 21.5 Å². The molecule has 0 radical (unpaired) electrons. The molecule has 0 amide bonds. The summed E-state index contributed by atoms with van der Waals surface area (Å²) in [6, 6.07) is 3.57. The van der Waals surface area contributed by atoms with Crippen LogP contribution >= 0.6 is 15.9 Å². The monoisotopic (exact) mass is 389 g/mol. The number of hydrogen-bond donors (Lipinski definition) is 2. The zero-order valence-corrected chi connectivity index (χ0v) is 14.5. The van der Waals surface area contributed by atoms with Crippen LogP contribution in [0.5, 0.6) is 5.75 Å². The molecule has 0 aliphatic rings. The molecule has 0 saturated carbocycles. The lowest BCUT2D eigenvalue weighted by molar-refractivity contribution is 0.418. The van der Waals surface area contributed by atoms with Crippen LogP contribution in [0.2, 0.25) is 0 Å². The molecule has 0 aliphatic carbocycles. The maximum atomic E-state index is 12.3. The summed E-state index contributed by atoms with van der Waals surface area (Å²) in [7, 11) is -1.68. The molecule has 0 aliphatic heterocycles. The zero-order valence-electron chi connectivity index (χ0n) is 12.1. The second-order valence-corrected chi connectivity index (χ2v) is 7.37. The number of aryl methyl sites for hydroxylation is 1. The third kappa shape index (κ3) is 3.84. The number of methoxy groups -OCH3 is 1. The minimum atomic E-state index is -3.20. The molecule has 2 N–H and O–H groups in total. The van der Waals surface area contributed by atoms with Crippen molar-refractivity contribution in [2.75, 3.05) is 19.9 Å². The van der Waals surface area contributed by atoms with E-state index in [2.05, 4.69) is 30.8 Å². The van der Waals surface area contributed by atoms with Crippen molar-refractivity contribution >= 4 is 36.9 Å². The zero-order chi connectivity index (χ0) is 16.3. The maximum absolute atomic E-state index is 12.3. The summed E-state index contributed by atoms with van der Waals surface area (Å²) in [5.41, 5.74) is 1.12. The number of nitrogens with one attached hydrogen (secondary N) is 2. The van der Waals surface area contributed by atoms with Crippen LogP contribution < -0.4 is 14.9 Å². The van der Waals surface area contributed by atoms with Crippen LogP contribution in [0.1, 0.15) is 12.0 Å². The number of ether oxygens (including phenoxy) is 1. The van der Waals surface area contributed by atoms with Crippen LogP contribution in [0, 0.1) is 0 Å². The number of H-pyrrole nitrogens is 1. The summed E-state index contributed by atoms with van der Waals surface area (Å²) in [4.78, 5) is 12.3. The fourth-order valence-corrected chi connectivity index (χ4v) is 2.97. The molecule has 0 saturated heterocycles. The molecule has 7 nitrogen and oxygen atoms in total. The number of sulfonamides is 1. The second kappa shape index (κ2) is 6.76. The Morgan fingerprint density at radius 2 is 2.14 bits per heavy atom. The van der Waals surface area contributed by atoms with E-state index in [4.69, 9.17) is 4.74 Å². The molecule has 2 rings (SSSR count). The number of aromatic nitrogens is 2. The molecule has 0 unspecified atom stereocenters. The van der Waals surface area contributed by atoms with Crippen molar-refractivity contribution in [3.05, 3.63) is 32.5 Å². The number of halogens is 1.